The third kappa shape index (κ3) is 4.75. The summed E-state index contributed by atoms with van der Waals surface area (Å²) in [5.74, 6) is -2.41. The predicted molar refractivity (Wildman–Crippen MR) is 127 cm³/mol. The molecule has 206 valence electrons. The maximum absolute atomic E-state index is 14.5. The number of pyridine rings is 1. The molecule has 4 heterocycles. The van der Waals surface area contributed by atoms with Gasteiger partial charge in [0.05, 0.1) is 29.4 Å². The van der Waals surface area contributed by atoms with Crippen LogP contribution in [0.2, 0.25) is 0 Å². The van der Waals surface area contributed by atoms with Crippen LogP contribution < -0.4 is 4.90 Å². The van der Waals surface area contributed by atoms with Crippen LogP contribution in [0, 0.1) is 11.6 Å². The molecule has 12 heteroatoms. The van der Waals surface area contributed by atoms with Gasteiger partial charge in [-0.3, -0.25) is 0 Å². The van der Waals surface area contributed by atoms with Gasteiger partial charge in [0.2, 0.25) is 0 Å². The van der Waals surface area contributed by atoms with Gasteiger partial charge in [0.15, 0.2) is 0 Å². The second-order valence-corrected chi connectivity index (χ2v) is 10.3. The van der Waals surface area contributed by atoms with Gasteiger partial charge in [-0.25, -0.2) is 18.6 Å². The van der Waals surface area contributed by atoms with Gasteiger partial charge in [-0.05, 0) is 56.7 Å². The number of nitrogens with zero attached hydrogens (tertiary/aromatic N) is 3. The average molecular weight is 549 g/mol. The van der Waals surface area contributed by atoms with E-state index in [9.17, 15) is 31.9 Å². The average Bonchev–Trinajstić information content (AvgIpc) is 3.59. The van der Waals surface area contributed by atoms with Gasteiger partial charge in [-0.2, -0.15) is 13.2 Å². The number of piperidine rings is 1. The number of carbonyl (C=O) groups is 1. The molecule has 0 radical (unpaired) electrons. The molecule has 3 atom stereocenters. The number of aromatic nitrogens is 2. The highest BCUT2D eigenvalue weighted by molar-refractivity contribution is 5.89. The number of carboxylic acids is 1. The molecule has 39 heavy (non-hydrogen) atoms. The molecule has 0 amide bonds. The largest absolute Gasteiger partial charge is 0.478 e. The van der Waals surface area contributed by atoms with Gasteiger partial charge in [0.1, 0.15) is 28.9 Å². The molecule has 3 aliphatic rings. The summed E-state index contributed by atoms with van der Waals surface area (Å²) in [7, 11) is 0. The molecule has 1 aromatic carbocycles. The van der Waals surface area contributed by atoms with Crippen molar-refractivity contribution in [1.29, 1.82) is 0 Å². The standard InChI is InChI=1S/C27H24F5N3O4/c28-20-2-1-3-21(29)23(20)24-18(25(39-34-24)13-4-5-13)12-38-16-8-14-6-7-15(9-16)35(14)22-10-19(27(30,31)32)17(11-33-22)26(36)37/h1-3,10-11,13-16H,4-9,12H2,(H,36,37)/t14-,15+,16?. The summed E-state index contributed by atoms with van der Waals surface area (Å²) < 4.78 is 81.5. The minimum Gasteiger partial charge on any atom is -0.478 e. The lowest BCUT2D eigenvalue weighted by molar-refractivity contribution is -0.138. The number of rotatable bonds is 7. The number of hydrogen-bond acceptors (Lipinski definition) is 6. The molecule has 1 aliphatic carbocycles. The molecule has 2 aromatic heterocycles. The zero-order valence-corrected chi connectivity index (χ0v) is 20.5. The van der Waals surface area contributed by atoms with Crippen molar-refractivity contribution in [2.75, 3.05) is 4.90 Å². The van der Waals surface area contributed by atoms with Crippen LogP contribution >= 0.6 is 0 Å². The Kier molecular flexibility index (Phi) is 6.32. The molecule has 2 saturated heterocycles. The Labute approximate surface area is 219 Å². The zero-order valence-electron chi connectivity index (χ0n) is 20.5. The number of alkyl halides is 3. The third-order valence-corrected chi connectivity index (χ3v) is 7.81. The minimum atomic E-state index is -4.83. The number of halogens is 5. The van der Waals surface area contributed by atoms with E-state index >= 15 is 0 Å². The van der Waals surface area contributed by atoms with Crippen LogP contribution in [-0.2, 0) is 17.5 Å². The molecule has 6 rings (SSSR count). The molecule has 1 N–H and O–H groups in total. The summed E-state index contributed by atoms with van der Waals surface area (Å²) in [4.78, 5) is 17.2. The van der Waals surface area contributed by atoms with Crippen LogP contribution in [0.25, 0.3) is 11.3 Å². The third-order valence-electron chi connectivity index (χ3n) is 7.81. The minimum absolute atomic E-state index is 0.0341. The van der Waals surface area contributed by atoms with E-state index in [1.54, 1.807) is 0 Å². The molecule has 0 spiro atoms. The van der Waals surface area contributed by atoms with E-state index in [0.717, 1.165) is 50.1 Å². The summed E-state index contributed by atoms with van der Waals surface area (Å²) in [5.41, 5.74) is -1.80. The number of hydrogen-bond donors (Lipinski definition) is 1. The molecule has 1 unspecified atom stereocenters. The van der Waals surface area contributed by atoms with Crippen molar-refractivity contribution in [3.05, 3.63) is 64.5 Å². The summed E-state index contributed by atoms with van der Waals surface area (Å²) in [5, 5.41) is 13.2. The highest BCUT2D eigenvalue weighted by atomic mass is 19.4. The molecule has 7 nitrogen and oxygen atoms in total. The quantitative estimate of drug-likeness (QED) is 0.345. The molecule has 3 aromatic rings. The van der Waals surface area contributed by atoms with Crippen molar-refractivity contribution < 1.29 is 41.1 Å². The van der Waals surface area contributed by atoms with Crippen LogP contribution in [-0.4, -0.2) is 39.4 Å². The molecule has 1 saturated carbocycles. The highest BCUT2D eigenvalue weighted by Crippen LogP contribution is 2.46. The maximum Gasteiger partial charge on any atom is 0.417 e. The van der Waals surface area contributed by atoms with E-state index in [1.165, 1.54) is 6.07 Å². The van der Waals surface area contributed by atoms with Crippen molar-refractivity contribution in [1.82, 2.24) is 10.1 Å². The van der Waals surface area contributed by atoms with Crippen LogP contribution in [0.5, 0.6) is 0 Å². The van der Waals surface area contributed by atoms with Crippen molar-refractivity contribution in [2.45, 2.75) is 75.4 Å². The van der Waals surface area contributed by atoms with Gasteiger partial charge in [0.25, 0.3) is 0 Å². The number of carboxylic acid groups (broad SMARTS) is 1. The first-order valence-corrected chi connectivity index (χ1v) is 12.7. The molecule has 3 fully saturated rings. The lowest BCUT2D eigenvalue weighted by Crippen LogP contribution is -2.46. The van der Waals surface area contributed by atoms with Crippen LogP contribution in [0.4, 0.5) is 27.8 Å². The fourth-order valence-electron chi connectivity index (χ4n) is 5.88. The summed E-state index contributed by atoms with van der Waals surface area (Å²) in [6, 6.07) is 4.10. The summed E-state index contributed by atoms with van der Waals surface area (Å²) >= 11 is 0. The van der Waals surface area contributed by atoms with Gasteiger partial charge in [0, 0.05) is 29.8 Å². The first-order chi connectivity index (χ1) is 18.6. The Hall–Kier alpha value is -3.54. The second kappa shape index (κ2) is 9.58. The normalized spacial score (nSPS) is 22.9. The zero-order chi connectivity index (χ0) is 27.5. The molecule has 2 bridgehead atoms. The highest BCUT2D eigenvalue weighted by Gasteiger charge is 2.44. The first-order valence-electron chi connectivity index (χ1n) is 12.7. The Morgan fingerprint density at radius 1 is 1.10 bits per heavy atom. The molecule has 2 aliphatic heterocycles. The Morgan fingerprint density at radius 3 is 2.36 bits per heavy atom. The van der Waals surface area contributed by atoms with Gasteiger partial charge in [-0.15, -0.1) is 0 Å². The maximum atomic E-state index is 14.5. The SMILES string of the molecule is O=C(O)c1cnc(N2[C@@H]3CC[C@H]2CC(OCc2c(-c4c(F)cccc4F)noc2C2CC2)C3)cc1C(F)(F)F. The van der Waals surface area contributed by atoms with Crippen LogP contribution in [0.15, 0.2) is 35.0 Å². The van der Waals surface area contributed by atoms with Crippen LogP contribution in [0.1, 0.15) is 71.7 Å². The van der Waals surface area contributed by atoms with Crippen molar-refractivity contribution in [2.24, 2.45) is 0 Å². The van der Waals surface area contributed by atoms with Gasteiger partial charge < -0.3 is 19.3 Å². The lowest BCUT2D eigenvalue weighted by atomic mass is 9.98. The van der Waals surface area contributed by atoms with E-state index in [4.69, 9.17) is 9.26 Å². The first kappa shape index (κ1) is 25.7. The number of benzene rings is 1. The Morgan fingerprint density at radius 2 is 1.77 bits per heavy atom. The van der Waals surface area contributed by atoms with E-state index < -0.39 is 34.9 Å². The number of ether oxygens (including phenoxy) is 1. The molecular weight excluding hydrogens is 525 g/mol. The van der Waals surface area contributed by atoms with Gasteiger partial charge >= 0.3 is 12.1 Å². The van der Waals surface area contributed by atoms with E-state index in [2.05, 4.69) is 10.1 Å². The van der Waals surface area contributed by atoms with Crippen molar-refractivity contribution in [3.63, 3.8) is 0 Å². The Balaban J connectivity index is 1.21. The number of anilines is 1. The number of fused-ring (bicyclic) bond motifs is 2. The van der Waals surface area contributed by atoms with E-state index in [0.29, 0.717) is 24.2 Å². The second-order valence-electron chi connectivity index (χ2n) is 10.3. The summed E-state index contributed by atoms with van der Waals surface area (Å²) in [6.07, 6.45) is -0.0901. The predicted octanol–water partition coefficient (Wildman–Crippen LogP) is 6.33. The lowest BCUT2D eigenvalue weighted by Gasteiger charge is -2.40. The van der Waals surface area contributed by atoms with Crippen molar-refractivity contribution >= 4 is 11.8 Å². The smallest absolute Gasteiger partial charge is 0.417 e. The van der Waals surface area contributed by atoms with Crippen molar-refractivity contribution in [3.8, 4) is 11.3 Å². The van der Waals surface area contributed by atoms with E-state index in [-0.39, 0.29) is 47.8 Å². The van der Waals surface area contributed by atoms with Crippen LogP contribution in [0.3, 0.4) is 0 Å². The summed E-state index contributed by atoms with van der Waals surface area (Å²) in [6.45, 7) is 0.0341. The van der Waals surface area contributed by atoms with E-state index in [1.807, 2.05) is 4.90 Å². The topological polar surface area (TPSA) is 88.7 Å². The molecular formula is C27H24F5N3O4. The van der Waals surface area contributed by atoms with Gasteiger partial charge in [-0.1, -0.05) is 11.2 Å². The number of aromatic carboxylic acids is 1. The Bertz CT molecular complexity index is 1390. The fourth-order valence-corrected chi connectivity index (χ4v) is 5.88. The monoisotopic (exact) mass is 549 g/mol. The fraction of sp³-hybridized carbons (Fsp3) is 0.444.